The number of rotatable bonds is 5. The summed E-state index contributed by atoms with van der Waals surface area (Å²) >= 11 is 0. The van der Waals surface area contributed by atoms with Crippen LogP contribution in [0, 0.1) is 0 Å². The summed E-state index contributed by atoms with van der Waals surface area (Å²) in [5.41, 5.74) is 5.48. The quantitative estimate of drug-likeness (QED) is 0.709. The summed E-state index contributed by atoms with van der Waals surface area (Å²) in [6, 6.07) is 10.7. The molecule has 2 saturated heterocycles. The van der Waals surface area contributed by atoms with Gasteiger partial charge in [0.05, 0.1) is 19.8 Å². The normalized spacial score (nSPS) is 19.7. The maximum Gasteiger partial charge on any atom is 0.134 e. The van der Waals surface area contributed by atoms with Gasteiger partial charge in [0.15, 0.2) is 0 Å². The summed E-state index contributed by atoms with van der Waals surface area (Å²) in [5.74, 6) is 2.02. The van der Waals surface area contributed by atoms with Crippen LogP contribution in [0.15, 0.2) is 47.7 Å². The maximum atomic E-state index is 10.7. The first kappa shape index (κ1) is 22.4. The average Bonchev–Trinajstić information content (AvgIpc) is 3.05. The van der Waals surface area contributed by atoms with E-state index in [4.69, 9.17) is 14.2 Å². The number of likely N-dealkylation sites (tertiary alicyclic amines) is 1. The molecule has 0 aromatic heterocycles. The molecule has 2 aromatic carbocycles. The molecule has 3 heterocycles. The van der Waals surface area contributed by atoms with Crippen molar-refractivity contribution in [2.24, 2.45) is 0 Å². The van der Waals surface area contributed by atoms with Gasteiger partial charge in [0.1, 0.15) is 23.9 Å². The molecule has 35 heavy (non-hydrogen) atoms. The van der Waals surface area contributed by atoms with E-state index in [1.165, 1.54) is 32.4 Å². The van der Waals surface area contributed by atoms with Crippen LogP contribution in [-0.4, -0.2) is 56.1 Å². The van der Waals surface area contributed by atoms with Gasteiger partial charge in [0.25, 0.3) is 0 Å². The van der Waals surface area contributed by atoms with Crippen LogP contribution >= 0.6 is 0 Å². The Labute approximate surface area is 206 Å². The third-order valence-corrected chi connectivity index (χ3v) is 7.43. The highest BCUT2D eigenvalue weighted by Crippen LogP contribution is 2.31. The molecule has 0 atom stereocenters. The molecule has 182 valence electrons. The standard InChI is InChI=1S/C30H33NO4/c32-24-17-22-10-15-33-20-28(22)29-26(18-23-5-4-14-35-30(23)27(29)19-24)21-6-8-25(9-7-21)34-16-13-31-11-2-1-3-12-31/h5-9,17-19,32H,1-4,10-16,20H2. The molecule has 4 aliphatic rings. The lowest BCUT2D eigenvalue weighted by atomic mass is 9.90. The summed E-state index contributed by atoms with van der Waals surface area (Å²) in [5, 5.41) is 12.9. The van der Waals surface area contributed by atoms with Crippen LogP contribution in [0.5, 0.6) is 11.5 Å². The Balaban J connectivity index is 1.37. The van der Waals surface area contributed by atoms with Gasteiger partial charge in [0, 0.05) is 23.7 Å². The summed E-state index contributed by atoms with van der Waals surface area (Å²) in [7, 11) is 0. The Hall–Kier alpha value is -3.02. The fourth-order valence-electron chi connectivity index (χ4n) is 5.65. The van der Waals surface area contributed by atoms with Gasteiger partial charge in [-0.3, -0.25) is 4.90 Å². The van der Waals surface area contributed by atoms with Crippen molar-refractivity contribution in [3.63, 3.8) is 0 Å². The lowest BCUT2D eigenvalue weighted by molar-refractivity contribution is 0.159. The van der Waals surface area contributed by atoms with E-state index in [1.807, 2.05) is 12.2 Å². The first-order chi connectivity index (χ1) is 17.3. The second-order valence-corrected chi connectivity index (χ2v) is 9.77. The van der Waals surface area contributed by atoms with Crippen LogP contribution in [-0.2, 0) is 4.74 Å². The highest BCUT2D eigenvalue weighted by molar-refractivity contribution is 5.83. The van der Waals surface area contributed by atoms with E-state index in [0.29, 0.717) is 26.4 Å². The largest absolute Gasteiger partial charge is 0.508 e. The van der Waals surface area contributed by atoms with E-state index in [0.717, 1.165) is 69.2 Å². The lowest BCUT2D eigenvalue weighted by Crippen LogP contribution is -2.33. The van der Waals surface area contributed by atoms with E-state index in [2.05, 4.69) is 41.3 Å². The Morgan fingerprint density at radius 3 is 2.71 bits per heavy atom. The van der Waals surface area contributed by atoms with Crippen molar-refractivity contribution < 1.29 is 19.3 Å². The van der Waals surface area contributed by atoms with Crippen molar-refractivity contribution in [2.45, 2.75) is 32.1 Å². The van der Waals surface area contributed by atoms with E-state index >= 15 is 0 Å². The zero-order valence-corrected chi connectivity index (χ0v) is 20.2. The molecule has 3 aliphatic heterocycles. The summed E-state index contributed by atoms with van der Waals surface area (Å²) in [6.07, 6.45) is 11.6. The molecule has 1 N–H and O–H groups in total. The fraction of sp³-hybridized carbons (Fsp3) is 0.400. The first-order valence-corrected chi connectivity index (χ1v) is 12.9. The zero-order valence-electron chi connectivity index (χ0n) is 20.2. The predicted octanol–water partition coefficient (Wildman–Crippen LogP) is 4.19. The molecule has 1 aliphatic carbocycles. The van der Waals surface area contributed by atoms with Gasteiger partial charge in [-0.2, -0.15) is 0 Å². The molecular weight excluding hydrogens is 438 g/mol. The number of benzene rings is 2. The minimum Gasteiger partial charge on any atom is -0.508 e. The topological polar surface area (TPSA) is 51.2 Å². The SMILES string of the molecule is OC1=Cc2c3c(cc(-c4ccc(OCCN5CCCCC5)cc4)c2=C2COCCC2=C1)=CCCO3. The molecule has 0 bridgehead atoms. The highest BCUT2D eigenvalue weighted by atomic mass is 16.5. The number of aliphatic hydroxyl groups excluding tert-OH is 1. The van der Waals surface area contributed by atoms with E-state index in [9.17, 15) is 5.11 Å². The molecule has 6 rings (SSSR count). The van der Waals surface area contributed by atoms with Crippen molar-refractivity contribution in [1.82, 2.24) is 4.90 Å². The third kappa shape index (κ3) is 4.63. The van der Waals surface area contributed by atoms with Crippen LogP contribution < -0.4 is 19.9 Å². The van der Waals surface area contributed by atoms with Crippen LogP contribution in [0.4, 0.5) is 0 Å². The number of hydrogen-bond acceptors (Lipinski definition) is 5. The minimum atomic E-state index is 0.268. The van der Waals surface area contributed by atoms with Crippen LogP contribution in [0.25, 0.3) is 28.9 Å². The number of aliphatic hydroxyl groups is 1. The fourth-order valence-corrected chi connectivity index (χ4v) is 5.65. The molecule has 0 saturated carbocycles. The van der Waals surface area contributed by atoms with Crippen LogP contribution in [0.2, 0.25) is 0 Å². The van der Waals surface area contributed by atoms with Crippen molar-refractivity contribution in [3.8, 4) is 22.6 Å². The first-order valence-electron chi connectivity index (χ1n) is 12.9. The van der Waals surface area contributed by atoms with Crippen molar-refractivity contribution >= 4 is 17.7 Å². The molecule has 0 unspecified atom stereocenters. The van der Waals surface area contributed by atoms with Gasteiger partial charge in [-0.15, -0.1) is 0 Å². The number of fused-ring (bicyclic) bond motifs is 4. The van der Waals surface area contributed by atoms with Gasteiger partial charge in [0.2, 0.25) is 0 Å². The number of piperidine rings is 1. The summed E-state index contributed by atoms with van der Waals surface area (Å²) in [6.45, 7) is 5.94. The van der Waals surface area contributed by atoms with Gasteiger partial charge in [-0.25, -0.2) is 0 Å². The molecule has 2 aromatic rings. The maximum absolute atomic E-state index is 10.7. The Morgan fingerprint density at radius 1 is 1.00 bits per heavy atom. The lowest BCUT2D eigenvalue weighted by Gasteiger charge is -2.26. The minimum absolute atomic E-state index is 0.268. The average molecular weight is 472 g/mol. The predicted molar refractivity (Wildman–Crippen MR) is 139 cm³/mol. The van der Waals surface area contributed by atoms with Gasteiger partial charge in [-0.05, 0) is 90.2 Å². The molecule has 5 heteroatoms. The number of hydrogen-bond donors (Lipinski definition) is 1. The van der Waals surface area contributed by atoms with Crippen molar-refractivity contribution in [1.29, 1.82) is 0 Å². The highest BCUT2D eigenvalue weighted by Gasteiger charge is 2.23. The number of nitrogens with zero attached hydrogens (tertiary/aromatic N) is 1. The van der Waals surface area contributed by atoms with Crippen molar-refractivity contribution in [3.05, 3.63) is 63.7 Å². The molecule has 0 amide bonds. The smallest absolute Gasteiger partial charge is 0.134 e. The van der Waals surface area contributed by atoms with E-state index < -0.39 is 0 Å². The zero-order chi connectivity index (χ0) is 23.6. The van der Waals surface area contributed by atoms with Crippen molar-refractivity contribution in [2.75, 3.05) is 46.1 Å². The molecule has 0 radical (unpaired) electrons. The van der Waals surface area contributed by atoms with E-state index in [-0.39, 0.29) is 5.76 Å². The number of allylic oxidation sites excluding steroid dienone is 1. The molecule has 2 fully saturated rings. The van der Waals surface area contributed by atoms with Gasteiger partial charge in [-0.1, -0.05) is 24.6 Å². The molecule has 5 nitrogen and oxygen atoms in total. The molecule has 0 spiro atoms. The number of ether oxygens (including phenoxy) is 3. The van der Waals surface area contributed by atoms with E-state index in [1.54, 1.807) is 0 Å². The van der Waals surface area contributed by atoms with Crippen LogP contribution in [0.3, 0.4) is 0 Å². The summed E-state index contributed by atoms with van der Waals surface area (Å²) in [4.78, 5) is 2.50. The third-order valence-electron chi connectivity index (χ3n) is 7.43. The monoisotopic (exact) mass is 471 g/mol. The van der Waals surface area contributed by atoms with Gasteiger partial charge < -0.3 is 19.3 Å². The Kier molecular flexibility index (Phi) is 6.36. The Bertz CT molecular complexity index is 1280. The Morgan fingerprint density at radius 2 is 1.86 bits per heavy atom. The van der Waals surface area contributed by atoms with Crippen LogP contribution in [0.1, 0.15) is 37.7 Å². The summed E-state index contributed by atoms with van der Waals surface area (Å²) < 4.78 is 18.1. The molecular formula is C30H33NO4. The second kappa shape index (κ2) is 9.92. The van der Waals surface area contributed by atoms with Gasteiger partial charge >= 0.3 is 0 Å². The second-order valence-electron chi connectivity index (χ2n) is 9.77.